The predicted octanol–water partition coefficient (Wildman–Crippen LogP) is 3.70. The summed E-state index contributed by atoms with van der Waals surface area (Å²) in [5, 5.41) is 1.07. The number of para-hydroxylation sites is 2. The largest absolute Gasteiger partial charge is 0.491 e. The normalized spacial score (nSPS) is 16.9. The molecule has 0 spiro atoms. The van der Waals surface area contributed by atoms with E-state index in [1.165, 1.54) is 12.1 Å². The molecular weight excluding hydrogens is 278 g/mol. The van der Waals surface area contributed by atoms with Crippen molar-refractivity contribution >= 4 is 21.6 Å². The van der Waals surface area contributed by atoms with E-state index in [2.05, 4.69) is 46.0 Å². The number of halogens is 1. The zero-order valence-electron chi connectivity index (χ0n) is 10.4. The SMILES string of the molecule is CCC(CBr)CN1CCCOc2ccccc21. The first kappa shape index (κ1) is 12.7. The molecule has 2 rings (SSSR count). The zero-order chi connectivity index (χ0) is 12.1. The molecule has 17 heavy (non-hydrogen) atoms. The lowest BCUT2D eigenvalue weighted by Gasteiger charge is -2.27. The summed E-state index contributed by atoms with van der Waals surface area (Å²) in [6, 6.07) is 8.38. The number of benzene rings is 1. The molecule has 3 heteroatoms. The highest BCUT2D eigenvalue weighted by Crippen LogP contribution is 2.31. The van der Waals surface area contributed by atoms with E-state index >= 15 is 0 Å². The summed E-state index contributed by atoms with van der Waals surface area (Å²) in [7, 11) is 0. The molecule has 0 aromatic heterocycles. The molecule has 94 valence electrons. The van der Waals surface area contributed by atoms with Crippen LogP contribution in [0.2, 0.25) is 0 Å². The van der Waals surface area contributed by atoms with Crippen LogP contribution in [0.5, 0.6) is 5.75 Å². The fourth-order valence-electron chi connectivity index (χ4n) is 2.19. The van der Waals surface area contributed by atoms with Crippen molar-refractivity contribution in [2.24, 2.45) is 5.92 Å². The first-order valence-electron chi connectivity index (χ1n) is 6.38. The Hall–Kier alpha value is -0.700. The maximum absolute atomic E-state index is 5.77. The third-order valence-electron chi connectivity index (χ3n) is 3.31. The van der Waals surface area contributed by atoms with Crippen LogP contribution < -0.4 is 9.64 Å². The Bertz CT molecular complexity index is 352. The van der Waals surface area contributed by atoms with Crippen LogP contribution in [0.4, 0.5) is 5.69 Å². The second kappa shape index (κ2) is 6.29. The maximum Gasteiger partial charge on any atom is 0.142 e. The van der Waals surface area contributed by atoms with E-state index in [9.17, 15) is 0 Å². The number of anilines is 1. The summed E-state index contributed by atoms with van der Waals surface area (Å²) in [4.78, 5) is 2.47. The van der Waals surface area contributed by atoms with Crippen molar-refractivity contribution in [2.75, 3.05) is 29.9 Å². The summed E-state index contributed by atoms with van der Waals surface area (Å²) in [5.41, 5.74) is 1.25. The summed E-state index contributed by atoms with van der Waals surface area (Å²) in [6.07, 6.45) is 2.32. The van der Waals surface area contributed by atoms with Crippen molar-refractivity contribution in [1.29, 1.82) is 0 Å². The van der Waals surface area contributed by atoms with Gasteiger partial charge >= 0.3 is 0 Å². The highest BCUT2D eigenvalue weighted by Gasteiger charge is 2.18. The van der Waals surface area contributed by atoms with Gasteiger partial charge in [-0.15, -0.1) is 0 Å². The Balaban J connectivity index is 2.16. The van der Waals surface area contributed by atoms with Crippen molar-refractivity contribution in [3.63, 3.8) is 0 Å². The number of ether oxygens (including phenoxy) is 1. The quantitative estimate of drug-likeness (QED) is 0.786. The number of hydrogen-bond acceptors (Lipinski definition) is 2. The maximum atomic E-state index is 5.77. The summed E-state index contributed by atoms with van der Waals surface area (Å²) >= 11 is 3.60. The van der Waals surface area contributed by atoms with Crippen LogP contribution in [0.15, 0.2) is 24.3 Å². The van der Waals surface area contributed by atoms with Crippen molar-refractivity contribution < 1.29 is 4.74 Å². The lowest BCUT2D eigenvalue weighted by Crippen LogP contribution is -2.30. The molecule has 0 fully saturated rings. The van der Waals surface area contributed by atoms with Gasteiger partial charge < -0.3 is 9.64 Å². The molecule has 0 saturated heterocycles. The molecule has 2 nitrogen and oxygen atoms in total. The van der Waals surface area contributed by atoms with Crippen LogP contribution >= 0.6 is 15.9 Å². The van der Waals surface area contributed by atoms with Gasteiger partial charge in [-0.2, -0.15) is 0 Å². The van der Waals surface area contributed by atoms with Gasteiger partial charge in [0, 0.05) is 18.4 Å². The molecule has 1 aliphatic rings. The van der Waals surface area contributed by atoms with Gasteiger partial charge in [0.1, 0.15) is 5.75 Å². The van der Waals surface area contributed by atoms with E-state index in [4.69, 9.17) is 4.74 Å². The Kier molecular flexibility index (Phi) is 4.72. The highest BCUT2D eigenvalue weighted by atomic mass is 79.9. The molecule has 0 N–H and O–H groups in total. The fraction of sp³-hybridized carbons (Fsp3) is 0.571. The molecular formula is C14H20BrNO. The smallest absolute Gasteiger partial charge is 0.142 e. The Morgan fingerprint density at radius 2 is 2.24 bits per heavy atom. The molecule has 0 aliphatic carbocycles. The van der Waals surface area contributed by atoms with E-state index in [-0.39, 0.29) is 0 Å². The van der Waals surface area contributed by atoms with Crippen molar-refractivity contribution in [1.82, 2.24) is 0 Å². The molecule has 0 bridgehead atoms. The van der Waals surface area contributed by atoms with E-state index < -0.39 is 0 Å². The lowest BCUT2D eigenvalue weighted by atomic mass is 10.1. The zero-order valence-corrected chi connectivity index (χ0v) is 11.9. The van der Waals surface area contributed by atoms with E-state index in [1.807, 2.05) is 6.07 Å². The molecule has 1 atom stereocenters. The predicted molar refractivity (Wildman–Crippen MR) is 76.3 cm³/mol. The summed E-state index contributed by atoms with van der Waals surface area (Å²) < 4.78 is 5.77. The summed E-state index contributed by atoms with van der Waals surface area (Å²) in [6.45, 7) is 5.30. The number of nitrogens with zero attached hydrogens (tertiary/aromatic N) is 1. The first-order valence-corrected chi connectivity index (χ1v) is 7.50. The van der Waals surface area contributed by atoms with Gasteiger partial charge in [0.25, 0.3) is 0 Å². The monoisotopic (exact) mass is 297 g/mol. The van der Waals surface area contributed by atoms with Gasteiger partial charge in [0.15, 0.2) is 0 Å². The van der Waals surface area contributed by atoms with Gasteiger partial charge in [-0.05, 0) is 24.5 Å². The number of fused-ring (bicyclic) bond motifs is 1. The van der Waals surface area contributed by atoms with Crippen molar-refractivity contribution in [3.8, 4) is 5.75 Å². The van der Waals surface area contributed by atoms with Crippen LogP contribution in [-0.2, 0) is 0 Å². The highest BCUT2D eigenvalue weighted by molar-refractivity contribution is 9.09. The van der Waals surface area contributed by atoms with Gasteiger partial charge in [0.2, 0.25) is 0 Å². The number of alkyl halides is 1. The number of hydrogen-bond donors (Lipinski definition) is 0. The van der Waals surface area contributed by atoms with Crippen LogP contribution in [0.25, 0.3) is 0 Å². The van der Waals surface area contributed by atoms with Crippen LogP contribution in [0.3, 0.4) is 0 Å². The standard InChI is InChI=1S/C14H20BrNO/c1-2-12(10-15)11-16-8-5-9-17-14-7-4-3-6-13(14)16/h3-4,6-7,12H,2,5,8-11H2,1H3. The van der Waals surface area contributed by atoms with Crippen molar-refractivity contribution in [2.45, 2.75) is 19.8 Å². The van der Waals surface area contributed by atoms with Gasteiger partial charge in [-0.1, -0.05) is 41.4 Å². The molecule has 0 radical (unpaired) electrons. The van der Waals surface area contributed by atoms with E-state index in [1.54, 1.807) is 0 Å². The molecule has 1 unspecified atom stereocenters. The minimum Gasteiger partial charge on any atom is -0.491 e. The fourth-order valence-corrected chi connectivity index (χ4v) is 2.85. The average molecular weight is 298 g/mol. The third kappa shape index (κ3) is 3.15. The first-order chi connectivity index (χ1) is 8.35. The van der Waals surface area contributed by atoms with E-state index in [0.29, 0.717) is 5.92 Å². The van der Waals surface area contributed by atoms with Crippen LogP contribution in [0.1, 0.15) is 19.8 Å². The summed E-state index contributed by atoms with van der Waals surface area (Å²) in [5.74, 6) is 1.75. The van der Waals surface area contributed by atoms with Gasteiger partial charge in [-0.3, -0.25) is 0 Å². The van der Waals surface area contributed by atoms with Gasteiger partial charge in [-0.25, -0.2) is 0 Å². The molecule has 0 saturated carbocycles. The Morgan fingerprint density at radius 3 is 3.00 bits per heavy atom. The molecule has 1 aromatic carbocycles. The van der Waals surface area contributed by atoms with Crippen LogP contribution in [-0.4, -0.2) is 25.0 Å². The topological polar surface area (TPSA) is 12.5 Å². The van der Waals surface area contributed by atoms with Gasteiger partial charge in [0.05, 0.1) is 12.3 Å². The molecule has 1 heterocycles. The molecule has 1 aromatic rings. The minimum absolute atomic E-state index is 0.709. The Labute approximate surface area is 112 Å². The molecule has 0 amide bonds. The second-order valence-corrected chi connectivity index (χ2v) is 5.19. The lowest BCUT2D eigenvalue weighted by molar-refractivity contribution is 0.322. The third-order valence-corrected chi connectivity index (χ3v) is 4.23. The second-order valence-electron chi connectivity index (χ2n) is 4.54. The van der Waals surface area contributed by atoms with Crippen molar-refractivity contribution in [3.05, 3.63) is 24.3 Å². The van der Waals surface area contributed by atoms with Crippen LogP contribution in [0, 0.1) is 5.92 Å². The average Bonchev–Trinajstić information content (AvgIpc) is 2.58. The van der Waals surface area contributed by atoms with E-state index in [0.717, 1.165) is 37.2 Å². The molecule has 1 aliphatic heterocycles. The number of rotatable bonds is 4. The minimum atomic E-state index is 0.709. The Morgan fingerprint density at radius 1 is 1.41 bits per heavy atom.